The van der Waals surface area contributed by atoms with Gasteiger partial charge in [0.15, 0.2) is 0 Å². The number of unbranched alkanes of at least 4 members (excludes halogenated alkanes) is 2. The summed E-state index contributed by atoms with van der Waals surface area (Å²) in [7, 11) is 0. The zero-order valence-corrected chi connectivity index (χ0v) is 14.7. The molecule has 5 heteroatoms. The molecular weight excluding hydrogens is 308 g/mol. The number of hydrogen-bond donors (Lipinski definition) is 0. The zero-order chi connectivity index (χ0) is 17.3. The molecule has 0 atom stereocenters. The number of ether oxygens (including phenoxy) is 4. The van der Waals surface area contributed by atoms with Crippen LogP contribution in [0.4, 0.5) is 0 Å². The molecule has 0 heterocycles. The maximum atomic E-state index is 11.0. The molecule has 0 saturated carbocycles. The lowest BCUT2D eigenvalue weighted by Gasteiger charge is -2.06. The van der Waals surface area contributed by atoms with E-state index >= 15 is 0 Å². The van der Waals surface area contributed by atoms with Gasteiger partial charge in [-0.05, 0) is 38.2 Å². The average molecular weight is 338 g/mol. The van der Waals surface area contributed by atoms with Crippen LogP contribution in [0.25, 0.3) is 0 Å². The Morgan fingerprint density at radius 2 is 1.50 bits per heavy atom. The van der Waals surface area contributed by atoms with Gasteiger partial charge < -0.3 is 18.9 Å². The molecule has 0 aliphatic rings. The fraction of sp³-hybridized carbons (Fsp3) is 0.632. The first kappa shape index (κ1) is 20.6. The molecule has 0 aliphatic heterocycles. The van der Waals surface area contributed by atoms with Crippen LogP contribution < -0.4 is 0 Å². The second-order valence-electron chi connectivity index (χ2n) is 5.42. The lowest BCUT2D eigenvalue weighted by molar-refractivity contribution is -0.148. The fourth-order valence-electron chi connectivity index (χ4n) is 2.07. The van der Waals surface area contributed by atoms with Crippen LogP contribution in [0.3, 0.4) is 0 Å². The summed E-state index contributed by atoms with van der Waals surface area (Å²) in [5.74, 6) is -0.312. The molecule has 0 N–H and O–H groups in total. The third-order valence-electron chi connectivity index (χ3n) is 3.29. The van der Waals surface area contributed by atoms with Crippen LogP contribution in [0.5, 0.6) is 0 Å². The van der Waals surface area contributed by atoms with Gasteiger partial charge in [-0.1, -0.05) is 30.3 Å². The van der Waals surface area contributed by atoms with E-state index in [4.69, 9.17) is 18.9 Å². The molecule has 1 aromatic carbocycles. The summed E-state index contributed by atoms with van der Waals surface area (Å²) in [5, 5.41) is 0. The van der Waals surface area contributed by atoms with Gasteiger partial charge in [0.1, 0.15) is 6.61 Å². The van der Waals surface area contributed by atoms with E-state index in [0.29, 0.717) is 26.4 Å². The summed E-state index contributed by atoms with van der Waals surface area (Å²) in [6.07, 6.45) is 3.99. The first-order chi connectivity index (χ1) is 11.8. The maximum absolute atomic E-state index is 11.0. The van der Waals surface area contributed by atoms with Crippen LogP contribution in [-0.4, -0.2) is 45.6 Å². The Bertz CT molecular complexity index is 407. The molecule has 24 heavy (non-hydrogen) atoms. The van der Waals surface area contributed by atoms with Gasteiger partial charge in [-0.2, -0.15) is 0 Å². The third kappa shape index (κ3) is 12.0. The van der Waals surface area contributed by atoms with Crippen molar-refractivity contribution in [2.75, 3.05) is 39.6 Å². The van der Waals surface area contributed by atoms with Crippen molar-refractivity contribution < 1.29 is 23.7 Å². The van der Waals surface area contributed by atoms with E-state index in [1.807, 2.05) is 18.2 Å². The zero-order valence-electron chi connectivity index (χ0n) is 14.7. The number of rotatable bonds is 15. The van der Waals surface area contributed by atoms with Gasteiger partial charge in [-0.15, -0.1) is 0 Å². The minimum absolute atomic E-state index is 0.0246. The highest BCUT2D eigenvalue weighted by molar-refractivity contribution is 5.70. The van der Waals surface area contributed by atoms with Crippen LogP contribution in [0, 0.1) is 0 Å². The topological polar surface area (TPSA) is 54.0 Å². The van der Waals surface area contributed by atoms with Gasteiger partial charge in [0.25, 0.3) is 0 Å². The van der Waals surface area contributed by atoms with Crippen molar-refractivity contribution in [2.45, 2.75) is 39.2 Å². The smallest absolute Gasteiger partial charge is 0.332 e. The van der Waals surface area contributed by atoms with Crippen LogP contribution in [-0.2, 0) is 30.3 Å². The lowest BCUT2D eigenvalue weighted by Crippen LogP contribution is -2.13. The van der Waals surface area contributed by atoms with Crippen LogP contribution in [0.15, 0.2) is 30.3 Å². The number of hydrogen-bond acceptors (Lipinski definition) is 5. The minimum Gasteiger partial charge on any atom is -0.464 e. The molecule has 0 aliphatic carbocycles. The van der Waals surface area contributed by atoms with Crippen molar-refractivity contribution in [3.63, 3.8) is 0 Å². The summed E-state index contributed by atoms with van der Waals surface area (Å²) >= 11 is 0. The van der Waals surface area contributed by atoms with Crippen LogP contribution >= 0.6 is 0 Å². The van der Waals surface area contributed by atoms with E-state index in [2.05, 4.69) is 12.1 Å². The SMILES string of the molecule is CCOC(=O)COCCCOCCCCCOCc1ccccc1. The average Bonchev–Trinajstić information content (AvgIpc) is 2.60. The van der Waals surface area contributed by atoms with E-state index in [9.17, 15) is 4.79 Å². The Balaban J connectivity index is 1.75. The van der Waals surface area contributed by atoms with Crippen molar-refractivity contribution in [3.8, 4) is 0 Å². The molecule has 0 spiro atoms. The van der Waals surface area contributed by atoms with Gasteiger partial charge in [0.05, 0.1) is 13.2 Å². The molecule has 0 saturated heterocycles. The van der Waals surface area contributed by atoms with Gasteiger partial charge in [0, 0.05) is 26.4 Å². The van der Waals surface area contributed by atoms with Gasteiger partial charge in [-0.25, -0.2) is 4.79 Å². The predicted octanol–water partition coefficient (Wildman–Crippen LogP) is 3.36. The standard InChI is InChI=1S/C19H30O5/c1-2-24-19(20)17-23-15-9-14-21-12-7-4-8-13-22-16-18-10-5-3-6-11-18/h3,5-6,10-11H,2,4,7-9,12-17H2,1H3. The highest BCUT2D eigenvalue weighted by Crippen LogP contribution is 2.03. The molecule has 0 unspecified atom stereocenters. The Kier molecular flexibility index (Phi) is 13.0. The predicted molar refractivity (Wildman–Crippen MR) is 92.8 cm³/mol. The highest BCUT2D eigenvalue weighted by atomic mass is 16.6. The molecule has 0 fully saturated rings. The largest absolute Gasteiger partial charge is 0.464 e. The maximum Gasteiger partial charge on any atom is 0.332 e. The van der Waals surface area contributed by atoms with Crippen molar-refractivity contribution in [2.24, 2.45) is 0 Å². The quantitative estimate of drug-likeness (QED) is 0.362. The van der Waals surface area contributed by atoms with Crippen molar-refractivity contribution in [1.29, 1.82) is 0 Å². The molecule has 0 bridgehead atoms. The number of esters is 1. The summed E-state index contributed by atoms with van der Waals surface area (Å²) < 4.78 is 21.1. The van der Waals surface area contributed by atoms with E-state index < -0.39 is 0 Å². The number of carbonyl (C=O) groups is 1. The molecule has 1 aromatic rings. The van der Waals surface area contributed by atoms with E-state index in [0.717, 1.165) is 38.9 Å². The molecule has 1 rings (SSSR count). The van der Waals surface area contributed by atoms with Gasteiger partial charge in [0.2, 0.25) is 0 Å². The number of benzene rings is 1. The Hall–Kier alpha value is -1.43. The molecule has 5 nitrogen and oxygen atoms in total. The first-order valence-corrected chi connectivity index (χ1v) is 8.75. The summed E-state index contributed by atoms with van der Waals surface area (Å²) in [6.45, 7) is 5.61. The molecule has 136 valence electrons. The van der Waals surface area contributed by atoms with E-state index in [-0.39, 0.29) is 12.6 Å². The normalized spacial score (nSPS) is 10.7. The van der Waals surface area contributed by atoms with Gasteiger partial charge in [-0.3, -0.25) is 0 Å². The lowest BCUT2D eigenvalue weighted by atomic mass is 10.2. The molecule has 0 aromatic heterocycles. The monoisotopic (exact) mass is 338 g/mol. The first-order valence-electron chi connectivity index (χ1n) is 8.75. The summed E-state index contributed by atoms with van der Waals surface area (Å²) in [6, 6.07) is 10.2. The molecule has 0 radical (unpaired) electrons. The fourth-order valence-corrected chi connectivity index (χ4v) is 2.07. The van der Waals surface area contributed by atoms with E-state index in [1.165, 1.54) is 5.56 Å². The third-order valence-corrected chi connectivity index (χ3v) is 3.29. The van der Waals surface area contributed by atoms with Crippen LogP contribution in [0.2, 0.25) is 0 Å². The molecular formula is C19H30O5. The van der Waals surface area contributed by atoms with Crippen molar-refractivity contribution in [1.82, 2.24) is 0 Å². The number of carbonyl (C=O) groups excluding carboxylic acids is 1. The molecule has 0 amide bonds. The summed E-state index contributed by atoms with van der Waals surface area (Å²) in [5.41, 5.74) is 1.21. The Labute approximate surface area is 145 Å². The van der Waals surface area contributed by atoms with Crippen LogP contribution in [0.1, 0.15) is 38.2 Å². The Morgan fingerprint density at radius 1 is 0.833 bits per heavy atom. The highest BCUT2D eigenvalue weighted by Gasteiger charge is 2.00. The Morgan fingerprint density at radius 3 is 2.25 bits per heavy atom. The minimum atomic E-state index is -0.312. The van der Waals surface area contributed by atoms with E-state index in [1.54, 1.807) is 6.92 Å². The van der Waals surface area contributed by atoms with Crippen molar-refractivity contribution in [3.05, 3.63) is 35.9 Å². The summed E-state index contributed by atoms with van der Waals surface area (Å²) in [4.78, 5) is 11.0. The second-order valence-corrected chi connectivity index (χ2v) is 5.42. The second kappa shape index (κ2) is 15.1. The van der Waals surface area contributed by atoms with Crippen molar-refractivity contribution >= 4 is 5.97 Å². The van der Waals surface area contributed by atoms with Gasteiger partial charge >= 0.3 is 5.97 Å².